The van der Waals surface area contributed by atoms with E-state index in [0.29, 0.717) is 0 Å². The smallest absolute Gasteiger partial charge is 0.127 e. The first-order valence-corrected chi connectivity index (χ1v) is 8.34. The topological polar surface area (TPSA) is 30.5 Å². The summed E-state index contributed by atoms with van der Waals surface area (Å²) in [6.07, 6.45) is 0. The van der Waals surface area contributed by atoms with Crippen LogP contribution >= 0.6 is 43.2 Å². The van der Waals surface area contributed by atoms with Crippen molar-refractivity contribution in [3.05, 3.63) is 43.0 Å². The molecule has 0 aliphatic carbocycles. The normalized spacial score (nSPS) is 12.2. The highest BCUT2D eigenvalue weighted by molar-refractivity contribution is 9.13. The fourth-order valence-electron chi connectivity index (χ4n) is 2.01. The summed E-state index contributed by atoms with van der Waals surface area (Å²) in [5.41, 5.74) is 1.08. The summed E-state index contributed by atoms with van der Waals surface area (Å²) in [6.45, 7) is 0. The van der Waals surface area contributed by atoms with E-state index in [9.17, 15) is 0 Å². The first-order chi connectivity index (χ1) is 9.60. The quantitative estimate of drug-likeness (QED) is 0.766. The predicted octanol–water partition coefficient (Wildman–Crippen LogP) is 4.60. The lowest BCUT2D eigenvalue weighted by atomic mass is 10.0. The van der Waals surface area contributed by atoms with Crippen molar-refractivity contribution < 1.29 is 9.47 Å². The number of hydrogen-bond donors (Lipinski definition) is 1. The Bertz CT molecular complexity index is 581. The van der Waals surface area contributed by atoms with Crippen molar-refractivity contribution in [1.29, 1.82) is 0 Å². The minimum absolute atomic E-state index is 0.0726. The molecule has 3 nitrogen and oxygen atoms in total. The van der Waals surface area contributed by atoms with Crippen molar-refractivity contribution in [2.24, 2.45) is 0 Å². The van der Waals surface area contributed by atoms with Crippen molar-refractivity contribution in [3.8, 4) is 11.5 Å². The lowest BCUT2D eigenvalue weighted by molar-refractivity contribution is 0.388. The maximum absolute atomic E-state index is 5.49. The van der Waals surface area contributed by atoms with Crippen LogP contribution in [0.25, 0.3) is 0 Å². The van der Waals surface area contributed by atoms with Gasteiger partial charge in [0.15, 0.2) is 0 Å². The summed E-state index contributed by atoms with van der Waals surface area (Å²) in [4.78, 5) is 1.20. The molecule has 1 heterocycles. The van der Waals surface area contributed by atoms with Crippen LogP contribution in [0.1, 0.15) is 16.5 Å². The van der Waals surface area contributed by atoms with Crippen molar-refractivity contribution in [3.63, 3.8) is 0 Å². The first-order valence-electron chi connectivity index (χ1n) is 5.94. The molecule has 1 atom stereocenters. The second-order valence-corrected chi connectivity index (χ2v) is 7.36. The summed E-state index contributed by atoms with van der Waals surface area (Å²) in [6, 6.07) is 8.06. The molecule has 0 saturated carbocycles. The van der Waals surface area contributed by atoms with Gasteiger partial charge in [-0.25, -0.2) is 0 Å². The highest BCUT2D eigenvalue weighted by Crippen LogP contribution is 2.40. The molecule has 0 aliphatic heterocycles. The first kappa shape index (κ1) is 15.8. The summed E-state index contributed by atoms with van der Waals surface area (Å²) >= 11 is 8.76. The zero-order valence-electron chi connectivity index (χ0n) is 11.4. The molecule has 1 N–H and O–H groups in total. The summed E-state index contributed by atoms with van der Waals surface area (Å²) < 4.78 is 12.9. The summed E-state index contributed by atoms with van der Waals surface area (Å²) in [7, 11) is 5.26. The third-order valence-corrected chi connectivity index (χ3v) is 6.31. The van der Waals surface area contributed by atoms with Gasteiger partial charge in [0, 0.05) is 21.0 Å². The Morgan fingerprint density at radius 3 is 2.40 bits per heavy atom. The Labute approximate surface area is 139 Å². The van der Waals surface area contributed by atoms with Gasteiger partial charge >= 0.3 is 0 Å². The van der Waals surface area contributed by atoms with E-state index < -0.39 is 0 Å². The number of benzene rings is 1. The van der Waals surface area contributed by atoms with Crippen LogP contribution in [-0.4, -0.2) is 21.3 Å². The average Bonchev–Trinajstić information content (AvgIpc) is 2.79. The monoisotopic (exact) mass is 419 g/mol. The van der Waals surface area contributed by atoms with Gasteiger partial charge in [0.25, 0.3) is 0 Å². The number of halogens is 2. The van der Waals surface area contributed by atoms with E-state index in [1.165, 1.54) is 4.88 Å². The zero-order chi connectivity index (χ0) is 14.7. The predicted molar refractivity (Wildman–Crippen MR) is 90.2 cm³/mol. The average molecular weight is 421 g/mol. The van der Waals surface area contributed by atoms with Crippen molar-refractivity contribution >= 4 is 43.2 Å². The van der Waals surface area contributed by atoms with E-state index in [1.807, 2.05) is 25.2 Å². The Morgan fingerprint density at radius 1 is 1.15 bits per heavy atom. The maximum Gasteiger partial charge on any atom is 0.127 e. The van der Waals surface area contributed by atoms with Gasteiger partial charge in [-0.1, -0.05) is 0 Å². The van der Waals surface area contributed by atoms with E-state index >= 15 is 0 Å². The number of thiophene rings is 1. The molecule has 1 unspecified atom stereocenters. The molecule has 0 fully saturated rings. The van der Waals surface area contributed by atoms with E-state index in [2.05, 4.69) is 43.2 Å². The molecule has 0 bridgehead atoms. The molecule has 108 valence electrons. The second kappa shape index (κ2) is 6.93. The van der Waals surface area contributed by atoms with Gasteiger partial charge in [-0.15, -0.1) is 11.3 Å². The Hall–Kier alpha value is -0.560. The van der Waals surface area contributed by atoms with Gasteiger partial charge in [-0.2, -0.15) is 0 Å². The van der Waals surface area contributed by atoms with Crippen LogP contribution in [0.5, 0.6) is 11.5 Å². The molecule has 1 aromatic carbocycles. The molecular formula is C14H15Br2NO2S. The van der Waals surface area contributed by atoms with Crippen LogP contribution in [-0.2, 0) is 0 Å². The van der Waals surface area contributed by atoms with E-state index in [0.717, 1.165) is 25.3 Å². The number of rotatable bonds is 5. The standard InChI is InChI=1S/C14H15Br2NO2S/c1-17-13(12-7-10(15)14(16)20-12)9-5-4-8(18-2)6-11(9)19-3/h4-7,13,17H,1-3H3. The molecule has 0 radical (unpaired) electrons. The maximum atomic E-state index is 5.49. The minimum Gasteiger partial charge on any atom is -0.497 e. The van der Waals surface area contributed by atoms with Crippen LogP contribution in [0.15, 0.2) is 32.5 Å². The summed E-state index contributed by atoms with van der Waals surface area (Å²) in [5.74, 6) is 1.60. The minimum atomic E-state index is 0.0726. The SMILES string of the molecule is CNC(c1cc(Br)c(Br)s1)c1ccc(OC)cc1OC. The highest BCUT2D eigenvalue weighted by Gasteiger charge is 2.20. The van der Waals surface area contributed by atoms with Gasteiger partial charge in [0.1, 0.15) is 11.5 Å². The molecule has 6 heteroatoms. The fourth-order valence-corrected chi connectivity index (χ4v) is 4.23. The van der Waals surface area contributed by atoms with Crippen molar-refractivity contribution in [2.75, 3.05) is 21.3 Å². The van der Waals surface area contributed by atoms with Crippen LogP contribution < -0.4 is 14.8 Å². The van der Waals surface area contributed by atoms with Crippen LogP contribution in [0, 0.1) is 0 Å². The molecule has 0 aliphatic rings. The summed E-state index contributed by atoms with van der Waals surface area (Å²) in [5, 5.41) is 3.34. The highest BCUT2D eigenvalue weighted by atomic mass is 79.9. The van der Waals surface area contributed by atoms with Crippen molar-refractivity contribution in [2.45, 2.75) is 6.04 Å². The molecule has 0 saturated heterocycles. The van der Waals surface area contributed by atoms with Crippen LogP contribution in [0.3, 0.4) is 0 Å². The molecular weight excluding hydrogens is 406 g/mol. The molecule has 0 spiro atoms. The van der Waals surface area contributed by atoms with Gasteiger partial charge in [-0.3, -0.25) is 0 Å². The van der Waals surface area contributed by atoms with Crippen LogP contribution in [0.4, 0.5) is 0 Å². The molecule has 20 heavy (non-hydrogen) atoms. The molecule has 2 aromatic rings. The van der Waals surface area contributed by atoms with E-state index in [4.69, 9.17) is 9.47 Å². The zero-order valence-corrected chi connectivity index (χ0v) is 15.4. The Morgan fingerprint density at radius 2 is 1.90 bits per heavy atom. The third kappa shape index (κ3) is 3.19. The van der Waals surface area contributed by atoms with Gasteiger partial charge in [-0.05, 0) is 57.1 Å². The number of ether oxygens (including phenoxy) is 2. The number of hydrogen-bond acceptors (Lipinski definition) is 4. The van der Waals surface area contributed by atoms with E-state index in [1.54, 1.807) is 25.6 Å². The molecule has 0 amide bonds. The third-order valence-electron chi connectivity index (χ3n) is 2.99. The van der Waals surface area contributed by atoms with Crippen LogP contribution in [0.2, 0.25) is 0 Å². The van der Waals surface area contributed by atoms with Gasteiger partial charge in [0.05, 0.1) is 24.0 Å². The van der Waals surface area contributed by atoms with Gasteiger partial charge < -0.3 is 14.8 Å². The van der Waals surface area contributed by atoms with Crippen molar-refractivity contribution in [1.82, 2.24) is 5.32 Å². The lowest BCUT2D eigenvalue weighted by Crippen LogP contribution is -2.17. The molecule has 2 rings (SSSR count). The largest absolute Gasteiger partial charge is 0.497 e. The lowest BCUT2D eigenvalue weighted by Gasteiger charge is -2.18. The van der Waals surface area contributed by atoms with Gasteiger partial charge in [0.2, 0.25) is 0 Å². The number of nitrogens with one attached hydrogen (secondary N) is 1. The Kier molecular flexibility index (Phi) is 5.49. The molecule has 1 aromatic heterocycles. The number of methoxy groups -OCH3 is 2. The fraction of sp³-hybridized carbons (Fsp3) is 0.286. The second-order valence-electron chi connectivity index (χ2n) is 4.10. The van der Waals surface area contributed by atoms with E-state index in [-0.39, 0.29) is 6.04 Å². The Balaban J connectivity index is 2.46.